The highest BCUT2D eigenvalue weighted by Gasteiger charge is 2.31. The van der Waals surface area contributed by atoms with Crippen LogP contribution in [0.3, 0.4) is 0 Å². The third-order valence-corrected chi connectivity index (χ3v) is 8.87. The summed E-state index contributed by atoms with van der Waals surface area (Å²) < 4.78 is 27.6. The number of nitrogens with one attached hydrogen (secondary N) is 1. The molecule has 1 aromatic rings. The van der Waals surface area contributed by atoms with Crippen LogP contribution in [-0.2, 0) is 10.0 Å². The fourth-order valence-corrected chi connectivity index (χ4v) is 6.69. The molecule has 9 heteroatoms. The van der Waals surface area contributed by atoms with Gasteiger partial charge >= 0.3 is 0 Å². The lowest BCUT2D eigenvalue weighted by atomic mass is 9.98. The van der Waals surface area contributed by atoms with Crippen LogP contribution in [0.25, 0.3) is 0 Å². The van der Waals surface area contributed by atoms with E-state index in [0.29, 0.717) is 34.0 Å². The van der Waals surface area contributed by atoms with Crippen LogP contribution >= 0.6 is 23.7 Å². The molecule has 6 nitrogen and oxygen atoms in total. The molecule has 3 heterocycles. The number of piperidine rings is 2. The summed E-state index contributed by atoms with van der Waals surface area (Å²) in [5.74, 6) is 1.01. The molecule has 154 valence electrons. The van der Waals surface area contributed by atoms with Gasteiger partial charge in [0, 0.05) is 26.2 Å². The van der Waals surface area contributed by atoms with Gasteiger partial charge in [-0.15, -0.1) is 23.7 Å². The van der Waals surface area contributed by atoms with Gasteiger partial charge in [-0.05, 0) is 63.2 Å². The first-order valence-electron chi connectivity index (χ1n) is 9.45. The molecule has 2 aliphatic heterocycles. The first kappa shape index (κ1) is 22.6. The largest absolute Gasteiger partial charge is 0.338 e. The van der Waals surface area contributed by atoms with Gasteiger partial charge in [0.2, 0.25) is 0 Å². The standard InChI is InChI=1S/C18H29N3O3S2.ClH/c1-14-7-10-21(11-8-14)26(23,24)17-6-5-16(25-17)18(22)20-9-3-4-15(13-20)12-19-2;/h5-6,14-15,19H,3-4,7-13H2,1-2H3;1H. The molecule has 1 aromatic heterocycles. The Morgan fingerprint density at radius 2 is 1.93 bits per heavy atom. The molecule has 1 amide bonds. The number of amides is 1. The van der Waals surface area contributed by atoms with E-state index >= 15 is 0 Å². The number of sulfonamides is 1. The molecular weight excluding hydrogens is 406 g/mol. The molecule has 1 unspecified atom stereocenters. The van der Waals surface area contributed by atoms with E-state index in [1.54, 1.807) is 16.4 Å². The van der Waals surface area contributed by atoms with E-state index in [0.717, 1.165) is 56.7 Å². The second-order valence-electron chi connectivity index (χ2n) is 7.52. The molecule has 3 rings (SSSR count). The minimum absolute atomic E-state index is 0. The molecule has 2 fully saturated rings. The van der Waals surface area contributed by atoms with Gasteiger partial charge < -0.3 is 10.2 Å². The van der Waals surface area contributed by atoms with E-state index in [1.165, 1.54) is 0 Å². The predicted molar refractivity (Wildman–Crippen MR) is 111 cm³/mol. The molecular formula is C18H30ClN3O3S2. The average molecular weight is 436 g/mol. The van der Waals surface area contributed by atoms with Crippen molar-refractivity contribution >= 4 is 39.7 Å². The molecule has 1 atom stereocenters. The summed E-state index contributed by atoms with van der Waals surface area (Å²) in [5.41, 5.74) is 0. The summed E-state index contributed by atoms with van der Waals surface area (Å²) >= 11 is 1.11. The second kappa shape index (κ2) is 9.69. The number of hydrogen-bond acceptors (Lipinski definition) is 5. The Labute approximate surface area is 172 Å². The number of carbonyl (C=O) groups is 1. The Kier molecular flexibility index (Phi) is 8.12. The maximum atomic E-state index is 12.8. The van der Waals surface area contributed by atoms with Crippen LogP contribution < -0.4 is 5.32 Å². The molecule has 0 bridgehead atoms. The van der Waals surface area contributed by atoms with E-state index < -0.39 is 10.0 Å². The Balaban J connectivity index is 0.00000261. The highest BCUT2D eigenvalue weighted by molar-refractivity contribution is 7.91. The zero-order chi connectivity index (χ0) is 18.7. The SMILES string of the molecule is CNCC1CCCN(C(=O)c2ccc(S(=O)(=O)N3CCC(C)CC3)s2)C1.Cl. The van der Waals surface area contributed by atoms with Gasteiger partial charge in [0.15, 0.2) is 0 Å². The summed E-state index contributed by atoms with van der Waals surface area (Å²) in [4.78, 5) is 15.2. The van der Waals surface area contributed by atoms with Crippen molar-refractivity contribution in [2.45, 2.75) is 36.8 Å². The Hall–Kier alpha value is -0.670. The molecule has 2 aliphatic rings. The quantitative estimate of drug-likeness (QED) is 0.771. The van der Waals surface area contributed by atoms with Gasteiger partial charge in [-0.2, -0.15) is 4.31 Å². The smallest absolute Gasteiger partial charge is 0.263 e. The normalized spacial score (nSPS) is 22.4. The molecule has 0 aliphatic carbocycles. The second-order valence-corrected chi connectivity index (χ2v) is 10.8. The molecule has 0 radical (unpaired) electrons. The van der Waals surface area contributed by atoms with Gasteiger partial charge in [-0.3, -0.25) is 4.79 Å². The van der Waals surface area contributed by atoms with Crippen molar-refractivity contribution in [3.63, 3.8) is 0 Å². The minimum Gasteiger partial charge on any atom is -0.338 e. The van der Waals surface area contributed by atoms with Crippen molar-refractivity contribution < 1.29 is 13.2 Å². The highest BCUT2D eigenvalue weighted by atomic mass is 35.5. The summed E-state index contributed by atoms with van der Waals surface area (Å²) in [5, 5.41) is 3.18. The van der Waals surface area contributed by atoms with E-state index in [9.17, 15) is 13.2 Å². The third-order valence-electron chi connectivity index (χ3n) is 5.43. The number of carbonyl (C=O) groups excluding carboxylic acids is 1. The summed E-state index contributed by atoms with van der Waals surface area (Å²) in [6, 6.07) is 3.27. The van der Waals surface area contributed by atoms with Crippen LogP contribution in [0.1, 0.15) is 42.3 Å². The zero-order valence-electron chi connectivity index (χ0n) is 16.0. The summed E-state index contributed by atoms with van der Waals surface area (Å²) in [7, 11) is -1.55. The van der Waals surface area contributed by atoms with Crippen LogP contribution in [-0.4, -0.2) is 63.3 Å². The zero-order valence-corrected chi connectivity index (χ0v) is 18.5. The van der Waals surface area contributed by atoms with Crippen LogP contribution in [0.15, 0.2) is 16.3 Å². The lowest BCUT2D eigenvalue weighted by Gasteiger charge is -2.32. The van der Waals surface area contributed by atoms with Gasteiger partial charge in [-0.25, -0.2) is 8.42 Å². The number of nitrogens with zero attached hydrogens (tertiary/aromatic N) is 2. The number of thiophene rings is 1. The van der Waals surface area contributed by atoms with Gasteiger partial charge in [0.05, 0.1) is 4.88 Å². The maximum absolute atomic E-state index is 12.8. The van der Waals surface area contributed by atoms with E-state index in [1.807, 2.05) is 11.9 Å². The fourth-order valence-electron chi connectivity index (χ4n) is 3.79. The van der Waals surface area contributed by atoms with Crippen molar-refractivity contribution in [2.75, 3.05) is 39.8 Å². The Morgan fingerprint density at radius 1 is 1.22 bits per heavy atom. The first-order chi connectivity index (χ1) is 12.4. The highest BCUT2D eigenvalue weighted by Crippen LogP contribution is 2.29. The van der Waals surface area contributed by atoms with Gasteiger partial charge in [0.1, 0.15) is 4.21 Å². The maximum Gasteiger partial charge on any atom is 0.263 e. The van der Waals surface area contributed by atoms with Crippen LogP contribution in [0.5, 0.6) is 0 Å². The van der Waals surface area contributed by atoms with Crippen molar-refractivity contribution in [2.24, 2.45) is 11.8 Å². The van der Waals surface area contributed by atoms with Crippen LogP contribution in [0.2, 0.25) is 0 Å². The summed E-state index contributed by atoms with van der Waals surface area (Å²) in [6.07, 6.45) is 3.93. The van der Waals surface area contributed by atoms with Crippen molar-refractivity contribution in [1.29, 1.82) is 0 Å². The topological polar surface area (TPSA) is 69.7 Å². The fraction of sp³-hybridized carbons (Fsp3) is 0.722. The number of halogens is 1. The molecule has 0 aromatic carbocycles. The van der Waals surface area contributed by atoms with E-state index in [-0.39, 0.29) is 18.3 Å². The first-order valence-corrected chi connectivity index (χ1v) is 11.7. The Morgan fingerprint density at radius 3 is 2.59 bits per heavy atom. The van der Waals surface area contributed by atoms with Crippen molar-refractivity contribution in [1.82, 2.24) is 14.5 Å². The van der Waals surface area contributed by atoms with Gasteiger partial charge in [-0.1, -0.05) is 6.92 Å². The Bertz CT molecular complexity index is 728. The molecule has 1 N–H and O–H groups in total. The molecule has 2 saturated heterocycles. The minimum atomic E-state index is -3.48. The molecule has 0 saturated carbocycles. The van der Waals surface area contributed by atoms with Crippen LogP contribution in [0.4, 0.5) is 0 Å². The van der Waals surface area contributed by atoms with Crippen molar-refractivity contribution in [3.05, 3.63) is 17.0 Å². The van der Waals surface area contributed by atoms with E-state index in [4.69, 9.17) is 0 Å². The number of hydrogen-bond donors (Lipinski definition) is 1. The monoisotopic (exact) mass is 435 g/mol. The van der Waals surface area contributed by atoms with Crippen LogP contribution in [0, 0.1) is 11.8 Å². The van der Waals surface area contributed by atoms with Crippen molar-refractivity contribution in [3.8, 4) is 0 Å². The third kappa shape index (κ3) is 5.23. The predicted octanol–water partition coefficient (Wildman–Crippen LogP) is 2.66. The summed E-state index contributed by atoms with van der Waals surface area (Å²) in [6.45, 7) is 5.70. The lowest BCUT2D eigenvalue weighted by Crippen LogP contribution is -2.42. The average Bonchev–Trinajstić information content (AvgIpc) is 3.13. The number of rotatable bonds is 5. The van der Waals surface area contributed by atoms with E-state index in [2.05, 4.69) is 12.2 Å². The molecule has 0 spiro atoms. The molecule has 27 heavy (non-hydrogen) atoms. The lowest BCUT2D eigenvalue weighted by molar-refractivity contribution is 0.0679. The number of likely N-dealkylation sites (tertiary alicyclic amines) is 1. The van der Waals surface area contributed by atoms with Gasteiger partial charge in [0.25, 0.3) is 15.9 Å².